The van der Waals surface area contributed by atoms with Crippen molar-refractivity contribution < 1.29 is 9.90 Å². The minimum atomic E-state index is -0.299. The van der Waals surface area contributed by atoms with Gasteiger partial charge in [0.15, 0.2) is 5.78 Å². The fraction of sp³-hybridized carbons (Fsp3) is 0.143. The van der Waals surface area contributed by atoms with Crippen LogP contribution in [0.1, 0.15) is 27.4 Å². The van der Waals surface area contributed by atoms with Crippen LogP contribution >= 0.6 is 0 Å². The number of nitrogens with zero attached hydrogens (tertiary/aromatic N) is 1. The molecule has 4 heteroatoms. The van der Waals surface area contributed by atoms with Crippen molar-refractivity contribution in [3.63, 3.8) is 0 Å². The second-order valence-corrected chi connectivity index (χ2v) is 6.28. The number of hydrogen-bond donors (Lipinski definition) is 2. The van der Waals surface area contributed by atoms with Crippen LogP contribution in [0.4, 0.5) is 5.82 Å². The second kappa shape index (κ2) is 6.06. The Morgan fingerprint density at radius 2 is 1.92 bits per heavy atom. The van der Waals surface area contributed by atoms with Gasteiger partial charge in [-0.25, -0.2) is 4.98 Å². The third-order valence-electron chi connectivity index (χ3n) is 4.76. The maximum atomic E-state index is 13.1. The molecule has 4 nitrogen and oxygen atoms in total. The summed E-state index contributed by atoms with van der Waals surface area (Å²) in [5.41, 5.74) is 4.16. The van der Waals surface area contributed by atoms with E-state index in [1.54, 1.807) is 25.1 Å². The van der Waals surface area contributed by atoms with Gasteiger partial charge in [0, 0.05) is 35.0 Å². The Morgan fingerprint density at radius 3 is 2.72 bits per heavy atom. The topological polar surface area (TPSA) is 62.2 Å². The molecule has 1 unspecified atom stereocenters. The molecule has 1 aromatic heterocycles. The Labute approximate surface area is 146 Å². The Balaban J connectivity index is 1.74. The summed E-state index contributed by atoms with van der Waals surface area (Å²) in [5.74, 6) is 0.613. The fourth-order valence-corrected chi connectivity index (χ4v) is 3.30. The van der Waals surface area contributed by atoms with Gasteiger partial charge >= 0.3 is 0 Å². The Morgan fingerprint density at radius 1 is 1.12 bits per heavy atom. The van der Waals surface area contributed by atoms with Crippen LogP contribution in [-0.4, -0.2) is 22.4 Å². The van der Waals surface area contributed by atoms with Crippen molar-refractivity contribution >= 4 is 11.6 Å². The molecule has 2 aromatic carbocycles. The minimum absolute atomic E-state index is 0.00617. The zero-order valence-corrected chi connectivity index (χ0v) is 13.9. The molecule has 2 heterocycles. The first-order chi connectivity index (χ1) is 12.1. The van der Waals surface area contributed by atoms with Crippen LogP contribution in [0.25, 0.3) is 11.1 Å². The summed E-state index contributed by atoms with van der Waals surface area (Å²) in [7, 11) is 0. The molecule has 1 atom stereocenters. The van der Waals surface area contributed by atoms with Crippen LogP contribution in [0.3, 0.4) is 0 Å². The highest BCUT2D eigenvalue weighted by Crippen LogP contribution is 2.36. The van der Waals surface area contributed by atoms with E-state index >= 15 is 0 Å². The second-order valence-electron chi connectivity index (χ2n) is 6.28. The normalized spacial score (nSPS) is 15.5. The number of hydrogen-bond acceptors (Lipinski definition) is 4. The van der Waals surface area contributed by atoms with Gasteiger partial charge in [-0.05, 0) is 24.6 Å². The molecule has 25 heavy (non-hydrogen) atoms. The zero-order valence-electron chi connectivity index (χ0n) is 13.9. The molecule has 0 saturated carbocycles. The quantitative estimate of drug-likeness (QED) is 0.708. The van der Waals surface area contributed by atoms with E-state index in [1.165, 1.54) is 0 Å². The average molecular weight is 330 g/mol. The molecular weight excluding hydrogens is 312 g/mol. The van der Waals surface area contributed by atoms with Crippen LogP contribution in [0.2, 0.25) is 0 Å². The number of aromatic nitrogens is 1. The van der Waals surface area contributed by atoms with Gasteiger partial charge in [0.2, 0.25) is 0 Å². The third kappa shape index (κ3) is 2.66. The Hall–Kier alpha value is -3.14. The summed E-state index contributed by atoms with van der Waals surface area (Å²) in [5, 5.41) is 13.1. The predicted octanol–water partition coefficient (Wildman–Crippen LogP) is 4.15. The van der Waals surface area contributed by atoms with Gasteiger partial charge in [-0.1, -0.05) is 42.5 Å². The van der Waals surface area contributed by atoms with Crippen molar-refractivity contribution in [1.82, 2.24) is 4.98 Å². The van der Waals surface area contributed by atoms with Crippen molar-refractivity contribution in [2.75, 3.05) is 11.9 Å². The summed E-state index contributed by atoms with van der Waals surface area (Å²) in [6, 6.07) is 17.1. The standard InChI is InChI=1S/C21H18N2O2/c1-13-16(8-5-9-19(13)24)20(25)18-12-23-21-17(18)10-15(11-22-21)14-6-3-2-4-7-14/h2-11,18,24H,12H2,1H3,(H,22,23). The van der Waals surface area contributed by atoms with E-state index in [9.17, 15) is 9.90 Å². The number of pyridine rings is 1. The van der Waals surface area contributed by atoms with Gasteiger partial charge in [-0.2, -0.15) is 0 Å². The lowest BCUT2D eigenvalue weighted by molar-refractivity contribution is 0.0965. The van der Waals surface area contributed by atoms with E-state index < -0.39 is 0 Å². The zero-order chi connectivity index (χ0) is 17.4. The number of ketones is 1. The molecule has 0 bridgehead atoms. The fourth-order valence-electron chi connectivity index (χ4n) is 3.30. The highest BCUT2D eigenvalue weighted by molar-refractivity contribution is 6.04. The number of carbonyl (C=O) groups is 1. The molecule has 0 fully saturated rings. The summed E-state index contributed by atoms with van der Waals surface area (Å²) < 4.78 is 0. The van der Waals surface area contributed by atoms with Crippen molar-refractivity contribution in [3.05, 3.63) is 77.5 Å². The maximum Gasteiger partial charge on any atom is 0.172 e. The van der Waals surface area contributed by atoms with Crippen molar-refractivity contribution in [1.29, 1.82) is 0 Å². The average Bonchev–Trinajstić information content (AvgIpc) is 3.07. The van der Waals surface area contributed by atoms with Crippen molar-refractivity contribution in [2.45, 2.75) is 12.8 Å². The number of phenolic OH excluding ortho intramolecular Hbond substituents is 1. The van der Waals surface area contributed by atoms with Gasteiger partial charge in [0.25, 0.3) is 0 Å². The van der Waals surface area contributed by atoms with Gasteiger partial charge in [0.05, 0.1) is 5.92 Å². The summed E-state index contributed by atoms with van der Waals surface area (Å²) in [6.45, 7) is 2.29. The minimum Gasteiger partial charge on any atom is -0.508 e. The van der Waals surface area contributed by atoms with E-state index in [2.05, 4.69) is 10.3 Å². The number of Topliss-reactive ketones (excluding diaryl/α,β-unsaturated/α-hetero) is 1. The molecule has 0 saturated heterocycles. The molecule has 0 amide bonds. The number of benzene rings is 2. The molecule has 1 aliphatic rings. The van der Waals surface area contributed by atoms with Crippen LogP contribution in [0, 0.1) is 6.92 Å². The molecule has 0 spiro atoms. The SMILES string of the molecule is Cc1c(O)cccc1C(=O)C1CNc2ncc(-c3ccccc3)cc21. The first-order valence-corrected chi connectivity index (χ1v) is 8.27. The summed E-state index contributed by atoms with van der Waals surface area (Å²) in [4.78, 5) is 17.5. The monoisotopic (exact) mass is 330 g/mol. The largest absolute Gasteiger partial charge is 0.508 e. The smallest absolute Gasteiger partial charge is 0.172 e. The highest BCUT2D eigenvalue weighted by Gasteiger charge is 2.31. The number of phenols is 1. The van der Waals surface area contributed by atoms with E-state index in [-0.39, 0.29) is 17.5 Å². The number of aromatic hydroxyl groups is 1. The van der Waals surface area contributed by atoms with Gasteiger partial charge in [-0.3, -0.25) is 4.79 Å². The lowest BCUT2D eigenvalue weighted by atomic mass is 9.90. The molecule has 2 N–H and O–H groups in total. The van der Waals surface area contributed by atoms with Gasteiger partial charge in [-0.15, -0.1) is 0 Å². The van der Waals surface area contributed by atoms with Gasteiger partial charge in [0.1, 0.15) is 11.6 Å². The Bertz CT molecular complexity index is 951. The number of anilines is 1. The van der Waals surface area contributed by atoms with Gasteiger partial charge < -0.3 is 10.4 Å². The van der Waals surface area contributed by atoms with E-state index in [0.717, 1.165) is 22.5 Å². The van der Waals surface area contributed by atoms with E-state index in [0.29, 0.717) is 17.7 Å². The van der Waals surface area contributed by atoms with Crippen LogP contribution in [0.15, 0.2) is 60.8 Å². The molecule has 124 valence electrons. The highest BCUT2D eigenvalue weighted by atomic mass is 16.3. The van der Waals surface area contributed by atoms with Crippen LogP contribution in [-0.2, 0) is 0 Å². The van der Waals surface area contributed by atoms with Crippen LogP contribution in [0.5, 0.6) is 5.75 Å². The first-order valence-electron chi connectivity index (χ1n) is 8.27. The summed E-state index contributed by atoms with van der Waals surface area (Å²) in [6.07, 6.45) is 1.83. The number of carbonyl (C=O) groups excluding carboxylic acids is 1. The molecular formula is C21H18N2O2. The molecule has 1 aliphatic heterocycles. The lowest BCUT2D eigenvalue weighted by Crippen LogP contribution is -2.16. The van der Waals surface area contributed by atoms with Crippen molar-refractivity contribution in [3.8, 4) is 16.9 Å². The first kappa shape index (κ1) is 15.4. The molecule has 3 aromatic rings. The lowest BCUT2D eigenvalue weighted by Gasteiger charge is -2.13. The number of rotatable bonds is 3. The van der Waals surface area contributed by atoms with E-state index in [1.807, 2.05) is 42.6 Å². The molecule has 0 radical (unpaired) electrons. The predicted molar refractivity (Wildman–Crippen MR) is 98.1 cm³/mol. The molecule has 4 rings (SSSR count). The Kier molecular flexibility index (Phi) is 3.73. The van der Waals surface area contributed by atoms with Crippen molar-refractivity contribution in [2.24, 2.45) is 0 Å². The maximum absolute atomic E-state index is 13.1. The summed E-state index contributed by atoms with van der Waals surface area (Å²) >= 11 is 0. The van der Waals surface area contributed by atoms with Crippen LogP contribution < -0.4 is 5.32 Å². The molecule has 0 aliphatic carbocycles. The third-order valence-corrected chi connectivity index (χ3v) is 4.76. The van der Waals surface area contributed by atoms with E-state index in [4.69, 9.17) is 0 Å². The number of fused-ring (bicyclic) bond motifs is 1. The number of nitrogens with one attached hydrogen (secondary N) is 1.